The lowest BCUT2D eigenvalue weighted by Crippen LogP contribution is -2.07. The predicted molar refractivity (Wildman–Crippen MR) is 81.3 cm³/mol. The molecule has 0 aliphatic rings. The molecular weight excluding hydrogens is 277 g/mol. The van der Waals surface area contributed by atoms with E-state index >= 15 is 0 Å². The van der Waals surface area contributed by atoms with Crippen LogP contribution in [0.4, 0.5) is 10.2 Å². The summed E-state index contributed by atoms with van der Waals surface area (Å²) in [5.74, 6) is 1.18. The number of halogens is 2. The zero-order chi connectivity index (χ0) is 14.9. The first-order valence-corrected chi connectivity index (χ1v) is 6.75. The highest BCUT2D eigenvalue weighted by molar-refractivity contribution is 6.31. The van der Waals surface area contributed by atoms with Gasteiger partial charge < -0.3 is 10.3 Å². The van der Waals surface area contributed by atoms with Crippen LogP contribution in [0.25, 0.3) is 11.3 Å². The molecule has 106 valence electrons. The van der Waals surface area contributed by atoms with E-state index in [1.165, 1.54) is 12.1 Å². The van der Waals surface area contributed by atoms with E-state index in [2.05, 4.69) is 11.6 Å². The van der Waals surface area contributed by atoms with Gasteiger partial charge in [-0.2, -0.15) is 0 Å². The molecule has 5 heteroatoms. The maximum atomic E-state index is 13.2. The van der Waals surface area contributed by atoms with Crippen LogP contribution in [0.2, 0.25) is 5.02 Å². The molecule has 0 aliphatic carbocycles. The Hall–Kier alpha value is -1.81. The number of allylic oxidation sites excluding steroid dienone is 1. The Labute approximate surface area is 122 Å². The van der Waals surface area contributed by atoms with Crippen LogP contribution in [0, 0.1) is 5.82 Å². The maximum Gasteiger partial charge on any atom is 0.141 e. The molecule has 1 aromatic carbocycles. The molecule has 1 aromatic heterocycles. The number of imidazole rings is 1. The monoisotopic (exact) mass is 293 g/mol. The van der Waals surface area contributed by atoms with Gasteiger partial charge in [0, 0.05) is 18.0 Å². The summed E-state index contributed by atoms with van der Waals surface area (Å²) in [5.41, 5.74) is 7.49. The summed E-state index contributed by atoms with van der Waals surface area (Å²) in [6.45, 7) is 8.40. The fraction of sp³-hybridized carbons (Fsp3) is 0.267. The van der Waals surface area contributed by atoms with E-state index < -0.39 is 5.82 Å². The number of hydrogen-bond donors (Lipinski definition) is 1. The molecule has 0 fully saturated rings. The van der Waals surface area contributed by atoms with Gasteiger partial charge in [0.05, 0.1) is 5.02 Å². The lowest BCUT2D eigenvalue weighted by molar-refractivity contribution is 0.628. The Morgan fingerprint density at radius 2 is 2.20 bits per heavy atom. The minimum absolute atomic E-state index is 0.0614. The third-order valence-electron chi connectivity index (χ3n) is 3.06. The molecule has 0 unspecified atom stereocenters. The summed E-state index contributed by atoms with van der Waals surface area (Å²) in [6.07, 6.45) is 1.77. The Morgan fingerprint density at radius 1 is 1.50 bits per heavy atom. The van der Waals surface area contributed by atoms with E-state index in [1.54, 1.807) is 12.1 Å². The number of nitrogens with zero attached hydrogens (tertiary/aromatic N) is 2. The average molecular weight is 294 g/mol. The van der Waals surface area contributed by atoms with Crippen molar-refractivity contribution in [3.8, 4) is 11.3 Å². The van der Waals surface area contributed by atoms with Crippen LogP contribution < -0.4 is 5.73 Å². The molecule has 0 radical (unpaired) electrons. The largest absolute Gasteiger partial charge is 0.383 e. The van der Waals surface area contributed by atoms with Crippen molar-refractivity contribution < 1.29 is 4.39 Å². The van der Waals surface area contributed by atoms with Crippen LogP contribution in [0.15, 0.2) is 30.9 Å². The summed E-state index contributed by atoms with van der Waals surface area (Å²) >= 11 is 5.82. The van der Waals surface area contributed by atoms with Crippen LogP contribution in [-0.4, -0.2) is 9.55 Å². The van der Waals surface area contributed by atoms with E-state index in [0.717, 1.165) is 5.82 Å². The van der Waals surface area contributed by atoms with Crippen molar-refractivity contribution >= 4 is 17.4 Å². The molecule has 2 aromatic rings. The summed E-state index contributed by atoms with van der Waals surface area (Å²) in [4.78, 5) is 4.58. The normalized spacial score (nSPS) is 11.1. The van der Waals surface area contributed by atoms with Crippen molar-refractivity contribution in [1.29, 1.82) is 0 Å². The van der Waals surface area contributed by atoms with Gasteiger partial charge >= 0.3 is 0 Å². The van der Waals surface area contributed by atoms with Gasteiger partial charge in [-0.1, -0.05) is 31.5 Å². The predicted octanol–water partition coefficient (Wildman–Crippen LogP) is 4.23. The molecule has 20 heavy (non-hydrogen) atoms. The van der Waals surface area contributed by atoms with Crippen molar-refractivity contribution in [2.45, 2.75) is 26.3 Å². The number of hydrogen-bond acceptors (Lipinski definition) is 2. The second-order valence-electron chi connectivity index (χ2n) is 4.89. The van der Waals surface area contributed by atoms with Gasteiger partial charge in [0.25, 0.3) is 0 Å². The summed E-state index contributed by atoms with van der Waals surface area (Å²) in [7, 11) is 0. The van der Waals surface area contributed by atoms with Crippen molar-refractivity contribution in [2.75, 3.05) is 5.73 Å². The Bertz CT molecular complexity index is 647. The highest BCUT2D eigenvalue weighted by Gasteiger charge is 2.18. The fourth-order valence-electron chi connectivity index (χ4n) is 2.10. The Balaban J connectivity index is 2.59. The first kappa shape index (κ1) is 14.6. The number of anilines is 1. The number of nitrogens with two attached hydrogens (primary N) is 1. The van der Waals surface area contributed by atoms with Crippen molar-refractivity contribution in [2.24, 2.45) is 0 Å². The molecule has 0 atom stereocenters. The smallest absolute Gasteiger partial charge is 0.141 e. The lowest BCUT2D eigenvalue weighted by Gasteiger charge is -2.09. The molecule has 0 amide bonds. The quantitative estimate of drug-likeness (QED) is 0.857. The lowest BCUT2D eigenvalue weighted by atomic mass is 10.1. The van der Waals surface area contributed by atoms with Gasteiger partial charge in [0.15, 0.2) is 0 Å². The molecule has 3 nitrogen and oxygen atoms in total. The Morgan fingerprint density at radius 3 is 2.75 bits per heavy atom. The van der Waals surface area contributed by atoms with Crippen LogP contribution in [-0.2, 0) is 6.54 Å². The van der Waals surface area contributed by atoms with Gasteiger partial charge in [-0.25, -0.2) is 9.37 Å². The second kappa shape index (κ2) is 5.67. The molecule has 0 saturated carbocycles. The molecule has 0 bridgehead atoms. The first-order valence-electron chi connectivity index (χ1n) is 6.38. The zero-order valence-corrected chi connectivity index (χ0v) is 12.3. The zero-order valence-electron chi connectivity index (χ0n) is 11.5. The average Bonchev–Trinajstić information content (AvgIpc) is 2.72. The van der Waals surface area contributed by atoms with Gasteiger partial charge in [-0.15, -0.1) is 6.58 Å². The molecule has 2 N–H and O–H groups in total. The van der Waals surface area contributed by atoms with Gasteiger partial charge in [0.2, 0.25) is 0 Å². The molecule has 0 spiro atoms. The van der Waals surface area contributed by atoms with Crippen LogP contribution in [0.1, 0.15) is 25.6 Å². The molecule has 2 rings (SSSR count). The number of aromatic nitrogens is 2. The third kappa shape index (κ3) is 2.56. The number of benzene rings is 1. The molecule has 1 heterocycles. The van der Waals surface area contributed by atoms with Gasteiger partial charge in [-0.3, -0.25) is 0 Å². The minimum Gasteiger partial charge on any atom is -0.383 e. The van der Waals surface area contributed by atoms with E-state index in [9.17, 15) is 4.39 Å². The number of rotatable bonds is 4. The summed E-state index contributed by atoms with van der Waals surface area (Å²) < 4.78 is 15.2. The van der Waals surface area contributed by atoms with Crippen molar-refractivity contribution in [1.82, 2.24) is 9.55 Å². The minimum atomic E-state index is -0.455. The second-order valence-corrected chi connectivity index (χ2v) is 5.29. The standard InChI is InChI=1S/C15H17ClFN3/c1-4-7-20-14(18)13(19-15(20)9(2)3)10-5-6-12(17)11(16)8-10/h4-6,8-9H,1,7,18H2,2-3H3. The van der Waals surface area contributed by atoms with E-state index in [1.807, 2.05) is 18.4 Å². The molecule has 0 saturated heterocycles. The van der Waals surface area contributed by atoms with Gasteiger partial charge in [0.1, 0.15) is 23.2 Å². The summed E-state index contributed by atoms with van der Waals surface area (Å²) in [6, 6.07) is 4.48. The maximum absolute atomic E-state index is 13.2. The highest BCUT2D eigenvalue weighted by atomic mass is 35.5. The molecule has 0 aliphatic heterocycles. The van der Waals surface area contributed by atoms with E-state index in [4.69, 9.17) is 17.3 Å². The first-order chi connectivity index (χ1) is 9.45. The summed E-state index contributed by atoms with van der Waals surface area (Å²) in [5, 5.41) is 0.0614. The van der Waals surface area contributed by atoms with E-state index in [0.29, 0.717) is 23.6 Å². The fourth-order valence-corrected chi connectivity index (χ4v) is 2.28. The Kier molecular flexibility index (Phi) is 4.14. The van der Waals surface area contributed by atoms with E-state index in [-0.39, 0.29) is 10.9 Å². The van der Waals surface area contributed by atoms with Crippen LogP contribution >= 0.6 is 11.6 Å². The highest BCUT2D eigenvalue weighted by Crippen LogP contribution is 2.31. The van der Waals surface area contributed by atoms with Gasteiger partial charge in [-0.05, 0) is 18.2 Å². The third-order valence-corrected chi connectivity index (χ3v) is 3.35. The topological polar surface area (TPSA) is 43.8 Å². The molecular formula is C15H17ClFN3. The van der Waals surface area contributed by atoms with Crippen molar-refractivity contribution in [3.05, 3.63) is 47.5 Å². The SMILES string of the molecule is C=CCn1c(C(C)C)nc(-c2ccc(F)c(Cl)c2)c1N. The van der Waals surface area contributed by atoms with Crippen molar-refractivity contribution in [3.63, 3.8) is 0 Å². The number of nitrogen functional groups attached to an aromatic ring is 1. The van der Waals surface area contributed by atoms with Crippen LogP contribution in [0.3, 0.4) is 0 Å². The van der Waals surface area contributed by atoms with Crippen LogP contribution in [0.5, 0.6) is 0 Å².